The van der Waals surface area contributed by atoms with E-state index in [0.29, 0.717) is 19.6 Å². The SMILES string of the molecule is Cc1ccccc1C1CCCN1CC(=O)N1CCN(S(=O)(=O)c2ccc(F)cc2)CC1. The number of hydrogen-bond donors (Lipinski definition) is 0. The molecular weight excluding hydrogens is 417 g/mol. The van der Waals surface area contributed by atoms with Crippen LogP contribution in [0, 0.1) is 12.7 Å². The van der Waals surface area contributed by atoms with Gasteiger partial charge in [-0.05, 0) is 61.7 Å². The summed E-state index contributed by atoms with van der Waals surface area (Å²) in [6.07, 6.45) is 2.11. The van der Waals surface area contributed by atoms with Gasteiger partial charge in [-0.25, -0.2) is 12.8 Å². The minimum absolute atomic E-state index is 0.0410. The maximum atomic E-state index is 13.1. The van der Waals surface area contributed by atoms with Gasteiger partial charge in [0.1, 0.15) is 5.82 Å². The summed E-state index contributed by atoms with van der Waals surface area (Å²) >= 11 is 0. The summed E-state index contributed by atoms with van der Waals surface area (Å²) in [6.45, 7) is 4.56. The van der Waals surface area contributed by atoms with Gasteiger partial charge in [0.15, 0.2) is 0 Å². The molecule has 1 atom stereocenters. The molecule has 0 radical (unpaired) electrons. The van der Waals surface area contributed by atoms with Crippen LogP contribution in [-0.4, -0.2) is 67.7 Å². The minimum Gasteiger partial charge on any atom is -0.339 e. The Morgan fingerprint density at radius 3 is 2.35 bits per heavy atom. The number of nitrogens with zero attached hydrogens (tertiary/aromatic N) is 3. The zero-order chi connectivity index (χ0) is 22.0. The number of aryl methyl sites for hydroxylation is 1. The molecule has 2 aliphatic rings. The largest absolute Gasteiger partial charge is 0.339 e. The number of halogens is 1. The molecule has 2 saturated heterocycles. The maximum absolute atomic E-state index is 13.1. The van der Waals surface area contributed by atoms with Crippen molar-refractivity contribution in [1.82, 2.24) is 14.1 Å². The predicted molar refractivity (Wildman–Crippen MR) is 116 cm³/mol. The van der Waals surface area contributed by atoms with Crippen molar-refractivity contribution < 1.29 is 17.6 Å². The standard InChI is InChI=1S/C23H28FN3O3S/c1-18-5-2-3-6-21(18)22-7-4-12-26(22)17-23(28)25-13-15-27(16-14-25)31(29,30)20-10-8-19(24)9-11-20/h2-3,5-6,8-11,22H,4,7,12-17H2,1H3. The Kier molecular flexibility index (Phi) is 6.41. The van der Waals surface area contributed by atoms with Crippen molar-refractivity contribution in [2.75, 3.05) is 39.3 Å². The van der Waals surface area contributed by atoms with E-state index in [0.717, 1.165) is 31.5 Å². The molecule has 2 aromatic carbocycles. The lowest BCUT2D eigenvalue weighted by molar-refractivity contribution is -0.133. The topological polar surface area (TPSA) is 60.9 Å². The molecule has 1 unspecified atom stereocenters. The monoisotopic (exact) mass is 445 g/mol. The van der Waals surface area contributed by atoms with Gasteiger partial charge in [-0.2, -0.15) is 4.31 Å². The highest BCUT2D eigenvalue weighted by atomic mass is 32.2. The van der Waals surface area contributed by atoms with Crippen LogP contribution in [0.2, 0.25) is 0 Å². The Balaban J connectivity index is 1.36. The molecule has 0 aromatic heterocycles. The van der Waals surface area contributed by atoms with Gasteiger partial charge in [0.05, 0.1) is 11.4 Å². The number of rotatable bonds is 5. The number of carbonyl (C=O) groups excluding carboxylic acids is 1. The summed E-state index contributed by atoms with van der Waals surface area (Å²) in [5.74, 6) is -0.431. The minimum atomic E-state index is -3.68. The Labute approximate surface area is 183 Å². The fourth-order valence-electron chi connectivity index (χ4n) is 4.54. The lowest BCUT2D eigenvalue weighted by Gasteiger charge is -2.35. The Bertz CT molecular complexity index is 1030. The quantitative estimate of drug-likeness (QED) is 0.710. The molecule has 0 N–H and O–H groups in total. The van der Waals surface area contributed by atoms with Gasteiger partial charge in [0, 0.05) is 32.2 Å². The van der Waals surface area contributed by atoms with E-state index in [1.165, 1.54) is 27.6 Å². The molecule has 0 aliphatic carbocycles. The predicted octanol–water partition coefficient (Wildman–Crippen LogP) is 2.80. The molecule has 0 spiro atoms. The van der Waals surface area contributed by atoms with Crippen LogP contribution in [0.1, 0.15) is 30.0 Å². The second-order valence-corrected chi connectivity index (χ2v) is 10.2. The zero-order valence-corrected chi connectivity index (χ0v) is 18.5. The number of carbonyl (C=O) groups is 1. The molecule has 0 saturated carbocycles. The molecule has 2 fully saturated rings. The van der Waals surface area contributed by atoms with Gasteiger partial charge in [0.2, 0.25) is 15.9 Å². The highest BCUT2D eigenvalue weighted by Gasteiger charge is 2.33. The lowest BCUT2D eigenvalue weighted by Crippen LogP contribution is -2.52. The van der Waals surface area contributed by atoms with Crippen molar-refractivity contribution in [3.63, 3.8) is 0 Å². The van der Waals surface area contributed by atoms with E-state index in [9.17, 15) is 17.6 Å². The summed E-state index contributed by atoms with van der Waals surface area (Å²) in [7, 11) is -3.68. The summed E-state index contributed by atoms with van der Waals surface area (Å²) in [4.78, 5) is 17.0. The Hall–Kier alpha value is -2.29. The molecule has 1 amide bonds. The molecule has 166 valence electrons. The number of sulfonamides is 1. The van der Waals surface area contributed by atoms with Crippen LogP contribution in [-0.2, 0) is 14.8 Å². The van der Waals surface area contributed by atoms with Crippen LogP contribution in [0.4, 0.5) is 4.39 Å². The molecule has 8 heteroatoms. The Morgan fingerprint density at radius 2 is 1.68 bits per heavy atom. The number of benzene rings is 2. The fourth-order valence-corrected chi connectivity index (χ4v) is 5.96. The van der Waals surface area contributed by atoms with Crippen LogP contribution in [0.5, 0.6) is 0 Å². The second-order valence-electron chi connectivity index (χ2n) is 8.22. The van der Waals surface area contributed by atoms with Gasteiger partial charge in [0.25, 0.3) is 0 Å². The molecule has 2 aromatic rings. The van der Waals surface area contributed by atoms with E-state index in [2.05, 4.69) is 24.0 Å². The molecule has 0 bridgehead atoms. The van der Waals surface area contributed by atoms with Crippen molar-refractivity contribution in [2.45, 2.75) is 30.7 Å². The van der Waals surface area contributed by atoms with Crippen LogP contribution < -0.4 is 0 Å². The van der Waals surface area contributed by atoms with Crippen molar-refractivity contribution in [1.29, 1.82) is 0 Å². The van der Waals surface area contributed by atoms with E-state index >= 15 is 0 Å². The smallest absolute Gasteiger partial charge is 0.243 e. The average Bonchev–Trinajstić information content (AvgIpc) is 3.22. The summed E-state index contributed by atoms with van der Waals surface area (Å²) in [5, 5.41) is 0. The normalized spacial score (nSPS) is 20.8. The highest BCUT2D eigenvalue weighted by molar-refractivity contribution is 7.89. The molecule has 31 heavy (non-hydrogen) atoms. The first kappa shape index (κ1) is 21.9. The van der Waals surface area contributed by atoms with E-state index in [1.807, 2.05) is 12.1 Å². The van der Waals surface area contributed by atoms with Crippen LogP contribution in [0.25, 0.3) is 0 Å². The fraction of sp³-hybridized carbons (Fsp3) is 0.435. The Morgan fingerprint density at radius 1 is 1.00 bits per heavy atom. The van der Waals surface area contributed by atoms with Crippen molar-refractivity contribution in [3.8, 4) is 0 Å². The van der Waals surface area contributed by atoms with Crippen LogP contribution >= 0.6 is 0 Å². The third-order valence-corrected chi connectivity index (χ3v) is 8.21. The molecule has 2 heterocycles. The van der Waals surface area contributed by atoms with Crippen LogP contribution in [0.15, 0.2) is 53.4 Å². The maximum Gasteiger partial charge on any atom is 0.243 e. The number of amides is 1. The van der Waals surface area contributed by atoms with Gasteiger partial charge in [-0.3, -0.25) is 9.69 Å². The van der Waals surface area contributed by atoms with Gasteiger partial charge >= 0.3 is 0 Å². The van der Waals surface area contributed by atoms with Crippen molar-refractivity contribution >= 4 is 15.9 Å². The lowest BCUT2D eigenvalue weighted by atomic mass is 9.99. The second kappa shape index (κ2) is 9.06. The number of hydrogen-bond acceptors (Lipinski definition) is 4. The van der Waals surface area contributed by atoms with E-state index in [4.69, 9.17) is 0 Å². The average molecular weight is 446 g/mol. The molecule has 2 aliphatic heterocycles. The third-order valence-electron chi connectivity index (χ3n) is 6.29. The van der Waals surface area contributed by atoms with Gasteiger partial charge in [-0.1, -0.05) is 24.3 Å². The summed E-state index contributed by atoms with van der Waals surface area (Å²) in [6, 6.07) is 13.4. The van der Waals surface area contributed by atoms with Gasteiger partial charge < -0.3 is 4.90 Å². The first-order valence-electron chi connectivity index (χ1n) is 10.7. The van der Waals surface area contributed by atoms with E-state index in [1.54, 1.807) is 4.90 Å². The van der Waals surface area contributed by atoms with E-state index in [-0.39, 0.29) is 29.9 Å². The molecular formula is C23H28FN3O3S. The zero-order valence-electron chi connectivity index (χ0n) is 17.7. The molecule has 6 nitrogen and oxygen atoms in total. The number of likely N-dealkylation sites (tertiary alicyclic amines) is 1. The first-order valence-corrected chi connectivity index (χ1v) is 12.1. The molecule has 4 rings (SSSR count). The van der Waals surface area contributed by atoms with Crippen molar-refractivity contribution in [3.05, 3.63) is 65.5 Å². The third kappa shape index (κ3) is 4.66. The summed E-state index contributed by atoms with van der Waals surface area (Å²) < 4.78 is 40.1. The van der Waals surface area contributed by atoms with Crippen molar-refractivity contribution in [2.24, 2.45) is 0 Å². The van der Waals surface area contributed by atoms with Gasteiger partial charge in [-0.15, -0.1) is 0 Å². The van der Waals surface area contributed by atoms with Crippen LogP contribution in [0.3, 0.4) is 0 Å². The first-order chi connectivity index (χ1) is 14.9. The number of piperazine rings is 1. The highest BCUT2D eigenvalue weighted by Crippen LogP contribution is 2.33. The summed E-state index contributed by atoms with van der Waals surface area (Å²) in [5.41, 5.74) is 2.52. The van der Waals surface area contributed by atoms with E-state index < -0.39 is 15.8 Å².